The van der Waals surface area contributed by atoms with Gasteiger partial charge in [0, 0.05) is 11.6 Å². The summed E-state index contributed by atoms with van der Waals surface area (Å²) in [6.45, 7) is 0.711. The number of ether oxygens (including phenoxy) is 1. The zero-order chi connectivity index (χ0) is 13.7. The van der Waals surface area contributed by atoms with Gasteiger partial charge >= 0.3 is 0 Å². The van der Waals surface area contributed by atoms with Crippen molar-refractivity contribution in [3.63, 3.8) is 0 Å². The van der Waals surface area contributed by atoms with E-state index >= 15 is 0 Å². The van der Waals surface area contributed by atoms with Gasteiger partial charge in [-0.1, -0.05) is 30.9 Å². The Kier molecular flexibility index (Phi) is 5.05. The van der Waals surface area contributed by atoms with Crippen molar-refractivity contribution < 1.29 is 9.53 Å². The van der Waals surface area contributed by atoms with Gasteiger partial charge in [0.1, 0.15) is 6.61 Å². The third-order valence-electron chi connectivity index (χ3n) is 3.42. The van der Waals surface area contributed by atoms with E-state index in [1.54, 1.807) is 18.2 Å². The molecule has 0 atom stereocenters. The van der Waals surface area contributed by atoms with Crippen molar-refractivity contribution in [3.8, 4) is 0 Å². The maximum absolute atomic E-state index is 11.7. The molecule has 19 heavy (non-hydrogen) atoms. The summed E-state index contributed by atoms with van der Waals surface area (Å²) >= 11 is 5.79. The number of nitrogens with two attached hydrogens (primary N) is 1. The van der Waals surface area contributed by atoms with Crippen LogP contribution in [0.2, 0.25) is 5.02 Å². The SMILES string of the molecule is Nc1cc(Cl)ccc1NC(=O)COCCC1CCC1. The largest absolute Gasteiger partial charge is 0.397 e. The molecule has 1 aliphatic carbocycles. The number of hydrogen-bond acceptors (Lipinski definition) is 3. The van der Waals surface area contributed by atoms with Gasteiger partial charge in [-0.3, -0.25) is 4.79 Å². The number of hydrogen-bond donors (Lipinski definition) is 2. The number of halogens is 1. The van der Waals surface area contributed by atoms with E-state index in [2.05, 4.69) is 5.32 Å². The monoisotopic (exact) mass is 282 g/mol. The molecule has 0 aromatic heterocycles. The molecule has 1 aromatic rings. The smallest absolute Gasteiger partial charge is 0.250 e. The zero-order valence-corrected chi connectivity index (χ0v) is 11.6. The lowest BCUT2D eigenvalue weighted by Crippen LogP contribution is -2.21. The molecule has 0 unspecified atom stereocenters. The number of benzene rings is 1. The molecule has 5 heteroatoms. The number of rotatable bonds is 6. The van der Waals surface area contributed by atoms with Crippen LogP contribution in [0.4, 0.5) is 11.4 Å². The Morgan fingerprint density at radius 3 is 2.89 bits per heavy atom. The first-order valence-corrected chi connectivity index (χ1v) is 6.95. The van der Waals surface area contributed by atoms with Crippen LogP contribution >= 0.6 is 11.6 Å². The average Bonchev–Trinajstić information content (AvgIpc) is 2.30. The first-order valence-electron chi connectivity index (χ1n) is 6.58. The lowest BCUT2D eigenvalue weighted by Gasteiger charge is -2.24. The fourth-order valence-corrected chi connectivity index (χ4v) is 2.21. The first kappa shape index (κ1) is 14.2. The Hall–Kier alpha value is -1.26. The number of carbonyl (C=O) groups is 1. The molecule has 1 fully saturated rings. The van der Waals surface area contributed by atoms with Gasteiger partial charge in [-0.05, 0) is 30.5 Å². The Balaban J connectivity index is 1.68. The summed E-state index contributed by atoms with van der Waals surface area (Å²) < 4.78 is 5.36. The molecule has 1 amide bonds. The summed E-state index contributed by atoms with van der Waals surface area (Å²) in [6.07, 6.45) is 4.99. The summed E-state index contributed by atoms with van der Waals surface area (Å²) in [6, 6.07) is 4.98. The normalized spacial score (nSPS) is 15.0. The maximum Gasteiger partial charge on any atom is 0.250 e. The second-order valence-electron chi connectivity index (χ2n) is 4.92. The molecule has 1 saturated carbocycles. The molecule has 1 aromatic carbocycles. The fraction of sp³-hybridized carbons (Fsp3) is 0.500. The van der Waals surface area contributed by atoms with Gasteiger partial charge in [-0.2, -0.15) is 0 Å². The number of anilines is 2. The molecular formula is C14H19ClN2O2. The van der Waals surface area contributed by atoms with Gasteiger partial charge in [0.15, 0.2) is 0 Å². The van der Waals surface area contributed by atoms with Crippen LogP contribution in [0.5, 0.6) is 0 Å². The Labute approximate surface area is 118 Å². The number of carbonyl (C=O) groups excluding carboxylic acids is 1. The van der Waals surface area contributed by atoms with E-state index in [0.717, 1.165) is 12.3 Å². The van der Waals surface area contributed by atoms with Gasteiger partial charge in [-0.25, -0.2) is 0 Å². The van der Waals surface area contributed by atoms with E-state index in [9.17, 15) is 4.79 Å². The van der Waals surface area contributed by atoms with Crippen molar-refractivity contribution >= 4 is 28.9 Å². The van der Waals surface area contributed by atoms with Crippen LogP contribution in [0, 0.1) is 5.92 Å². The summed E-state index contributed by atoms with van der Waals surface area (Å²) in [5, 5.41) is 3.25. The van der Waals surface area contributed by atoms with Crippen LogP contribution < -0.4 is 11.1 Å². The predicted molar refractivity (Wildman–Crippen MR) is 77.3 cm³/mol. The quantitative estimate of drug-likeness (QED) is 0.622. The molecule has 0 aliphatic heterocycles. The van der Waals surface area contributed by atoms with Gasteiger partial charge in [0.2, 0.25) is 5.91 Å². The number of nitrogens with one attached hydrogen (secondary N) is 1. The molecule has 2 rings (SSSR count). The molecule has 1 aliphatic rings. The highest BCUT2D eigenvalue weighted by Crippen LogP contribution is 2.29. The van der Waals surface area contributed by atoms with Gasteiger partial charge in [0.25, 0.3) is 0 Å². The molecule has 0 saturated heterocycles. The Morgan fingerprint density at radius 1 is 1.47 bits per heavy atom. The lowest BCUT2D eigenvalue weighted by molar-refractivity contribution is -0.120. The van der Waals surface area contributed by atoms with Crippen molar-refractivity contribution in [3.05, 3.63) is 23.2 Å². The summed E-state index contributed by atoms with van der Waals surface area (Å²) in [5.74, 6) is 0.609. The van der Waals surface area contributed by atoms with Crippen molar-refractivity contribution in [1.29, 1.82) is 0 Å². The topological polar surface area (TPSA) is 64.3 Å². The van der Waals surface area contributed by atoms with Crippen molar-refractivity contribution in [1.82, 2.24) is 0 Å². The molecule has 0 heterocycles. The third kappa shape index (κ3) is 4.40. The second kappa shape index (κ2) is 6.78. The van der Waals surface area contributed by atoms with E-state index in [1.807, 2.05) is 0 Å². The standard InChI is InChI=1S/C14H19ClN2O2/c15-11-4-5-13(12(16)8-11)17-14(18)9-19-7-6-10-2-1-3-10/h4-5,8,10H,1-3,6-7,9,16H2,(H,17,18). The summed E-state index contributed by atoms with van der Waals surface area (Å²) in [5.41, 5.74) is 6.77. The van der Waals surface area contributed by atoms with Crippen molar-refractivity contribution in [2.75, 3.05) is 24.3 Å². The van der Waals surface area contributed by atoms with E-state index in [0.29, 0.717) is 23.0 Å². The highest BCUT2D eigenvalue weighted by molar-refractivity contribution is 6.31. The van der Waals surface area contributed by atoms with Gasteiger partial charge < -0.3 is 15.8 Å². The highest BCUT2D eigenvalue weighted by Gasteiger charge is 2.16. The molecule has 0 spiro atoms. The summed E-state index contributed by atoms with van der Waals surface area (Å²) in [4.78, 5) is 11.7. The average molecular weight is 283 g/mol. The Bertz CT molecular complexity index is 447. The predicted octanol–water partition coefficient (Wildman–Crippen LogP) is 3.07. The van der Waals surface area contributed by atoms with Crippen LogP contribution in [0.1, 0.15) is 25.7 Å². The molecular weight excluding hydrogens is 264 g/mol. The molecule has 0 bridgehead atoms. The number of nitrogen functional groups attached to an aromatic ring is 1. The minimum atomic E-state index is -0.192. The van der Waals surface area contributed by atoms with E-state index in [4.69, 9.17) is 22.1 Å². The molecule has 0 radical (unpaired) electrons. The minimum absolute atomic E-state index is 0.0643. The molecule has 104 valence electrons. The van der Waals surface area contributed by atoms with Crippen LogP contribution in [-0.4, -0.2) is 19.1 Å². The lowest BCUT2D eigenvalue weighted by atomic mass is 9.83. The van der Waals surface area contributed by atoms with E-state index in [1.165, 1.54) is 19.3 Å². The minimum Gasteiger partial charge on any atom is -0.397 e. The highest BCUT2D eigenvalue weighted by atomic mass is 35.5. The van der Waals surface area contributed by atoms with Crippen LogP contribution in [0.3, 0.4) is 0 Å². The van der Waals surface area contributed by atoms with Crippen LogP contribution in [0.25, 0.3) is 0 Å². The second-order valence-corrected chi connectivity index (χ2v) is 5.35. The van der Waals surface area contributed by atoms with Crippen LogP contribution in [0.15, 0.2) is 18.2 Å². The number of amides is 1. The van der Waals surface area contributed by atoms with E-state index < -0.39 is 0 Å². The first-order chi connectivity index (χ1) is 9.15. The van der Waals surface area contributed by atoms with Crippen molar-refractivity contribution in [2.24, 2.45) is 5.92 Å². The summed E-state index contributed by atoms with van der Waals surface area (Å²) in [7, 11) is 0. The Morgan fingerprint density at radius 2 is 2.26 bits per heavy atom. The maximum atomic E-state index is 11.7. The van der Waals surface area contributed by atoms with Gasteiger partial charge in [-0.15, -0.1) is 0 Å². The molecule has 3 N–H and O–H groups in total. The van der Waals surface area contributed by atoms with Gasteiger partial charge in [0.05, 0.1) is 11.4 Å². The van der Waals surface area contributed by atoms with E-state index in [-0.39, 0.29) is 12.5 Å². The third-order valence-corrected chi connectivity index (χ3v) is 3.65. The fourth-order valence-electron chi connectivity index (χ4n) is 2.03. The zero-order valence-electron chi connectivity index (χ0n) is 10.8. The molecule has 4 nitrogen and oxygen atoms in total. The van der Waals surface area contributed by atoms with Crippen LogP contribution in [-0.2, 0) is 9.53 Å². The van der Waals surface area contributed by atoms with Crippen molar-refractivity contribution in [2.45, 2.75) is 25.7 Å².